The number of nitrogens with zero attached hydrogens (tertiary/aromatic N) is 4. The largest absolute Gasteiger partial charge is 0.281 e. The van der Waals surface area contributed by atoms with Crippen LogP contribution in [0.25, 0.3) is 22.5 Å². The van der Waals surface area contributed by atoms with Crippen LogP contribution in [0.1, 0.15) is 6.42 Å². The molecular formula is C30H24N4OS. The van der Waals surface area contributed by atoms with Crippen molar-refractivity contribution in [2.24, 2.45) is 0 Å². The van der Waals surface area contributed by atoms with Crippen molar-refractivity contribution < 1.29 is 4.79 Å². The van der Waals surface area contributed by atoms with E-state index in [4.69, 9.17) is 4.98 Å². The number of anilines is 2. The van der Waals surface area contributed by atoms with Gasteiger partial charge < -0.3 is 0 Å². The summed E-state index contributed by atoms with van der Waals surface area (Å²) in [5, 5.41) is 9.45. The Kier molecular flexibility index (Phi) is 7.44. The fourth-order valence-electron chi connectivity index (χ4n) is 3.89. The third-order valence-corrected chi connectivity index (χ3v) is 6.43. The predicted octanol–water partition coefficient (Wildman–Crippen LogP) is 7.05. The van der Waals surface area contributed by atoms with Crippen molar-refractivity contribution in [3.05, 3.63) is 121 Å². The molecule has 0 N–H and O–H groups in total. The number of rotatable bonds is 8. The van der Waals surface area contributed by atoms with Crippen molar-refractivity contribution in [2.45, 2.75) is 11.6 Å². The zero-order valence-corrected chi connectivity index (χ0v) is 20.4. The van der Waals surface area contributed by atoms with Gasteiger partial charge in [0, 0.05) is 34.7 Å². The topological polar surface area (TPSA) is 59.0 Å². The molecule has 5 aromatic rings. The van der Waals surface area contributed by atoms with Gasteiger partial charge in [0.25, 0.3) is 0 Å². The van der Waals surface area contributed by atoms with Gasteiger partial charge in [0.05, 0.1) is 0 Å². The molecule has 5 rings (SSSR count). The van der Waals surface area contributed by atoms with Crippen LogP contribution in [0.2, 0.25) is 0 Å². The van der Waals surface area contributed by atoms with Crippen LogP contribution in [0.3, 0.4) is 0 Å². The summed E-state index contributed by atoms with van der Waals surface area (Å²) < 4.78 is 0. The molecule has 0 radical (unpaired) electrons. The van der Waals surface area contributed by atoms with E-state index in [9.17, 15) is 4.79 Å². The van der Waals surface area contributed by atoms with E-state index in [2.05, 4.69) is 10.2 Å². The van der Waals surface area contributed by atoms with Crippen LogP contribution in [0.4, 0.5) is 11.4 Å². The fraction of sp³-hybridized carbons (Fsp3) is 0.0667. The van der Waals surface area contributed by atoms with Crippen LogP contribution in [0.15, 0.2) is 126 Å². The molecule has 4 aromatic carbocycles. The summed E-state index contributed by atoms with van der Waals surface area (Å²) >= 11 is 1.44. The van der Waals surface area contributed by atoms with E-state index < -0.39 is 0 Å². The number of hydrogen-bond acceptors (Lipinski definition) is 5. The minimum absolute atomic E-state index is 0.0112. The number of hydrogen-bond donors (Lipinski definition) is 0. The Morgan fingerprint density at radius 2 is 1.08 bits per heavy atom. The number of thioether (sulfide) groups is 1. The molecule has 0 spiro atoms. The third-order valence-electron chi connectivity index (χ3n) is 5.59. The Hall–Kier alpha value is -4.29. The van der Waals surface area contributed by atoms with Gasteiger partial charge in [-0.15, -0.1) is 10.2 Å². The number of carbonyl (C=O) groups excluding carboxylic acids is 1. The maximum absolute atomic E-state index is 13.3. The van der Waals surface area contributed by atoms with Crippen molar-refractivity contribution >= 4 is 29.0 Å². The number of amides is 1. The Balaban J connectivity index is 1.35. The summed E-state index contributed by atoms with van der Waals surface area (Å²) in [5.41, 5.74) is 5.14. The molecule has 0 fully saturated rings. The standard InChI is InChI=1S/C30H24N4OS/c35-27(34(25-17-9-3-10-18-25)26-19-11-4-12-20-26)21-22-36-30-31-28(23-13-5-1-6-14-23)29(32-33-30)24-15-7-2-8-16-24/h1-20H,21-22H2. The van der Waals surface area contributed by atoms with E-state index in [1.54, 1.807) is 4.90 Å². The van der Waals surface area contributed by atoms with Crippen LogP contribution >= 0.6 is 11.8 Å². The molecule has 1 aromatic heterocycles. The maximum Gasteiger partial charge on any atom is 0.232 e. The predicted molar refractivity (Wildman–Crippen MR) is 146 cm³/mol. The quantitative estimate of drug-likeness (QED) is 0.219. The van der Waals surface area contributed by atoms with Gasteiger partial charge in [-0.2, -0.15) is 0 Å². The second kappa shape index (κ2) is 11.4. The number of benzene rings is 4. The molecule has 5 nitrogen and oxygen atoms in total. The lowest BCUT2D eigenvalue weighted by atomic mass is 10.0. The smallest absolute Gasteiger partial charge is 0.232 e. The third kappa shape index (κ3) is 5.50. The highest BCUT2D eigenvalue weighted by Crippen LogP contribution is 2.30. The average Bonchev–Trinajstić information content (AvgIpc) is 2.95. The molecule has 0 aliphatic rings. The van der Waals surface area contributed by atoms with E-state index in [0.717, 1.165) is 33.9 Å². The van der Waals surface area contributed by atoms with E-state index in [1.165, 1.54) is 11.8 Å². The number of carbonyl (C=O) groups is 1. The average molecular weight is 489 g/mol. The van der Waals surface area contributed by atoms with Crippen molar-refractivity contribution in [3.63, 3.8) is 0 Å². The van der Waals surface area contributed by atoms with Gasteiger partial charge in [-0.3, -0.25) is 9.69 Å². The summed E-state index contributed by atoms with van der Waals surface area (Å²) in [6, 6.07) is 39.3. The highest BCUT2D eigenvalue weighted by Gasteiger charge is 2.18. The molecule has 0 saturated carbocycles. The van der Waals surface area contributed by atoms with Crippen molar-refractivity contribution in [1.82, 2.24) is 15.2 Å². The van der Waals surface area contributed by atoms with Gasteiger partial charge in [-0.25, -0.2) is 4.98 Å². The fourth-order valence-corrected chi connectivity index (χ4v) is 4.61. The van der Waals surface area contributed by atoms with Gasteiger partial charge in [0.1, 0.15) is 11.4 Å². The molecule has 1 heterocycles. The Morgan fingerprint density at radius 3 is 1.61 bits per heavy atom. The Labute approximate surface area is 214 Å². The molecule has 0 atom stereocenters. The maximum atomic E-state index is 13.3. The number of para-hydroxylation sites is 2. The Morgan fingerprint density at radius 1 is 0.611 bits per heavy atom. The summed E-state index contributed by atoms with van der Waals surface area (Å²) in [6.45, 7) is 0. The lowest BCUT2D eigenvalue weighted by Gasteiger charge is -2.23. The molecule has 0 aliphatic carbocycles. The molecule has 6 heteroatoms. The normalized spacial score (nSPS) is 10.7. The van der Waals surface area contributed by atoms with E-state index >= 15 is 0 Å². The number of aromatic nitrogens is 3. The first kappa shape index (κ1) is 23.5. The molecule has 1 amide bonds. The van der Waals surface area contributed by atoms with Crippen LogP contribution in [-0.2, 0) is 4.79 Å². The van der Waals surface area contributed by atoms with Gasteiger partial charge in [-0.1, -0.05) is 109 Å². The van der Waals surface area contributed by atoms with E-state index in [-0.39, 0.29) is 5.91 Å². The molecule has 36 heavy (non-hydrogen) atoms. The highest BCUT2D eigenvalue weighted by atomic mass is 32.2. The lowest BCUT2D eigenvalue weighted by molar-refractivity contribution is -0.117. The second-order valence-corrected chi connectivity index (χ2v) is 9.08. The first-order valence-corrected chi connectivity index (χ1v) is 12.7. The summed E-state index contributed by atoms with van der Waals surface area (Å²) in [7, 11) is 0. The first-order valence-electron chi connectivity index (χ1n) is 11.7. The van der Waals surface area contributed by atoms with E-state index in [1.807, 2.05) is 121 Å². The SMILES string of the molecule is O=C(CCSc1nnc(-c2ccccc2)c(-c2ccccc2)n1)N(c1ccccc1)c1ccccc1. The van der Waals surface area contributed by atoms with Gasteiger partial charge in [0.2, 0.25) is 11.1 Å². The van der Waals surface area contributed by atoms with Gasteiger partial charge in [0.15, 0.2) is 0 Å². The molecule has 0 unspecified atom stereocenters. The molecule has 176 valence electrons. The summed E-state index contributed by atoms with van der Waals surface area (Å²) in [4.78, 5) is 19.9. The summed E-state index contributed by atoms with van der Waals surface area (Å²) in [6.07, 6.45) is 0.332. The van der Waals surface area contributed by atoms with Crippen molar-refractivity contribution in [1.29, 1.82) is 0 Å². The monoisotopic (exact) mass is 488 g/mol. The van der Waals surface area contributed by atoms with E-state index in [0.29, 0.717) is 17.3 Å². The highest BCUT2D eigenvalue weighted by molar-refractivity contribution is 7.99. The van der Waals surface area contributed by atoms with Crippen LogP contribution < -0.4 is 4.90 Å². The molecular weight excluding hydrogens is 464 g/mol. The molecule has 0 aliphatic heterocycles. The van der Waals surface area contributed by atoms with Crippen molar-refractivity contribution in [3.8, 4) is 22.5 Å². The lowest BCUT2D eigenvalue weighted by Crippen LogP contribution is -2.26. The van der Waals surface area contributed by atoms with Gasteiger partial charge in [-0.05, 0) is 24.3 Å². The molecule has 0 bridgehead atoms. The van der Waals surface area contributed by atoms with Crippen molar-refractivity contribution in [2.75, 3.05) is 10.7 Å². The summed E-state index contributed by atoms with van der Waals surface area (Å²) in [5.74, 6) is 0.548. The van der Waals surface area contributed by atoms with Crippen LogP contribution in [0.5, 0.6) is 0 Å². The molecule has 0 saturated heterocycles. The van der Waals surface area contributed by atoms with Gasteiger partial charge >= 0.3 is 0 Å². The second-order valence-electron chi connectivity index (χ2n) is 8.02. The minimum atomic E-state index is 0.0112. The first-order chi connectivity index (χ1) is 17.8. The minimum Gasteiger partial charge on any atom is -0.281 e. The Bertz CT molecular complexity index is 1380. The zero-order chi connectivity index (χ0) is 24.6. The van der Waals surface area contributed by atoms with Crippen LogP contribution in [0, 0.1) is 0 Å². The zero-order valence-electron chi connectivity index (χ0n) is 19.6. The van der Waals surface area contributed by atoms with Crippen LogP contribution in [-0.4, -0.2) is 26.8 Å².